The Morgan fingerprint density at radius 1 is 1.31 bits per heavy atom. The minimum absolute atomic E-state index is 0.0506. The topological polar surface area (TPSA) is 52.3 Å². The van der Waals surface area contributed by atoms with E-state index in [2.05, 4.69) is 54.1 Å². The van der Waals surface area contributed by atoms with Gasteiger partial charge in [-0.2, -0.15) is 4.98 Å². The summed E-state index contributed by atoms with van der Waals surface area (Å²) in [5.74, 6) is 1.56. The Kier molecular flexibility index (Phi) is 5.89. The highest BCUT2D eigenvalue weighted by Gasteiger charge is 2.46. The third kappa shape index (κ3) is 3.92. The summed E-state index contributed by atoms with van der Waals surface area (Å²) in [6.07, 6.45) is 6.87. The Balaban J connectivity index is 1.67. The van der Waals surface area contributed by atoms with Gasteiger partial charge in [0.25, 0.3) is 5.56 Å². The van der Waals surface area contributed by atoms with Crippen LogP contribution in [0.1, 0.15) is 32.6 Å². The fourth-order valence-electron chi connectivity index (χ4n) is 4.99. The summed E-state index contributed by atoms with van der Waals surface area (Å²) in [6, 6.07) is 2.19. The summed E-state index contributed by atoms with van der Waals surface area (Å²) in [5, 5.41) is 0.712. The lowest BCUT2D eigenvalue weighted by Gasteiger charge is -2.26. The molecule has 0 aliphatic carbocycles. The van der Waals surface area contributed by atoms with Gasteiger partial charge in [-0.05, 0) is 53.8 Å². The zero-order valence-electron chi connectivity index (χ0n) is 18.2. The SMILES string of the molecule is CC[C@@H]1C[C@@H]2CC[C@H]1N2c1nc2c(c(I)cn2COCC[Si](C)(C)C)c(=O)n1C. The summed E-state index contributed by atoms with van der Waals surface area (Å²) in [7, 11) is 0.759. The van der Waals surface area contributed by atoms with Crippen LogP contribution in [0.25, 0.3) is 11.0 Å². The summed E-state index contributed by atoms with van der Waals surface area (Å²) in [4.78, 5) is 20.7. The maximum absolute atomic E-state index is 13.2. The van der Waals surface area contributed by atoms with Crippen molar-refractivity contribution in [1.82, 2.24) is 14.1 Å². The molecule has 0 radical (unpaired) electrons. The predicted octanol–water partition coefficient (Wildman–Crippen LogP) is 4.42. The smallest absolute Gasteiger partial charge is 0.265 e. The van der Waals surface area contributed by atoms with E-state index in [1.807, 2.05) is 17.8 Å². The number of nitrogens with zero attached hydrogens (tertiary/aromatic N) is 4. The molecule has 4 heterocycles. The lowest BCUT2D eigenvalue weighted by Crippen LogP contribution is -2.36. The van der Waals surface area contributed by atoms with E-state index < -0.39 is 8.07 Å². The first kappa shape index (κ1) is 21.4. The molecule has 160 valence electrons. The van der Waals surface area contributed by atoms with Gasteiger partial charge >= 0.3 is 0 Å². The Labute approximate surface area is 187 Å². The van der Waals surface area contributed by atoms with E-state index >= 15 is 0 Å². The molecule has 0 amide bonds. The van der Waals surface area contributed by atoms with Crippen molar-refractivity contribution in [2.45, 2.75) is 77.1 Å². The quantitative estimate of drug-likeness (QED) is 0.304. The third-order valence-corrected chi connectivity index (χ3v) is 9.20. The van der Waals surface area contributed by atoms with Gasteiger partial charge < -0.3 is 14.2 Å². The van der Waals surface area contributed by atoms with E-state index in [0.717, 1.165) is 33.7 Å². The third-order valence-electron chi connectivity index (χ3n) is 6.68. The number of aromatic nitrogens is 3. The van der Waals surface area contributed by atoms with Crippen LogP contribution in [0.4, 0.5) is 5.95 Å². The van der Waals surface area contributed by atoms with Gasteiger partial charge in [0, 0.05) is 43.6 Å². The fraction of sp³-hybridized carbons (Fsp3) is 0.714. The molecular weight excluding hydrogens is 495 g/mol. The predicted molar refractivity (Wildman–Crippen MR) is 129 cm³/mol. The van der Waals surface area contributed by atoms with Gasteiger partial charge in [-0.3, -0.25) is 9.36 Å². The molecule has 8 heteroatoms. The molecule has 2 fully saturated rings. The molecule has 2 aliphatic heterocycles. The van der Waals surface area contributed by atoms with E-state index in [1.54, 1.807) is 4.57 Å². The zero-order chi connectivity index (χ0) is 20.9. The van der Waals surface area contributed by atoms with Gasteiger partial charge in [-0.15, -0.1) is 0 Å². The number of anilines is 1. The fourth-order valence-corrected chi connectivity index (χ4v) is 6.56. The number of rotatable bonds is 7. The van der Waals surface area contributed by atoms with Crippen molar-refractivity contribution >= 4 is 47.6 Å². The summed E-state index contributed by atoms with van der Waals surface area (Å²) >= 11 is 2.25. The Bertz CT molecular complexity index is 964. The standard InChI is InChI=1S/C21H33IN4O2Si/c1-6-14-11-15-7-8-17(14)26(15)21-23-19-18(20(27)24(21)2)16(22)12-25(19)13-28-9-10-29(3,4)5/h12,14-15,17H,6-11,13H2,1-5H3/t14-,15+,17-/m1/s1. The normalized spacial score (nSPS) is 24.2. The number of halogens is 1. The second-order valence-corrected chi connectivity index (χ2v) is 16.7. The number of ether oxygens (including phenoxy) is 1. The Morgan fingerprint density at radius 3 is 2.72 bits per heavy atom. The molecule has 0 unspecified atom stereocenters. The van der Waals surface area contributed by atoms with Crippen molar-refractivity contribution in [3.8, 4) is 0 Å². The van der Waals surface area contributed by atoms with Crippen LogP contribution in [0.3, 0.4) is 0 Å². The van der Waals surface area contributed by atoms with Crippen LogP contribution in [0.2, 0.25) is 25.7 Å². The van der Waals surface area contributed by atoms with Crippen molar-refractivity contribution in [3.05, 3.63) is 20.1 Å². The first-order valence-electron chi connectivity index (χ1n) is 10.8. The van der Waals surface area contributed by atoms with Gasteiger partial charge in [-0.1, -0.05) is 33.0 Å². The molecule has 2 aliphatic rings. The van der Waals surface area contributed by atoms with Crippen LogP contribution in [0.5, 0.6) is 0 Å². The minimum Gasteiger partial charge on any atom is -0.361 e. The average molecular weight is 529 g/mol. The number of hydrogen-bond acceptors (Lipinski definition) is 4. The van der Waals surface area contributed by atoms with Gasteiger partial charge in [0.05, 0.1) is 5.39 Å². The molecule has 0 saturated carbocycles. The molecule has 0 spiro atoms. The van der Waals surface area contributed by atoms with Crippen molar-refractivity contribution < 1.29 is 4.74 Å². The highest BCUT2D eigenvalue weighted by Crippen LogP contribution is 2.45. The van der Waals surface area contributed by atoms with E-state index in [-0.39, 0.29) is 5.56 Å². The maximum atomic E-state index is 13.2. The molecule has 6 nitrogen and oxygen atoms in total. The minimum atomic E-state index is -1.12. The van der Waals surface area contributed by atoms with Crippen LogP contribution in [0.15, 0.2) is 11.0 Å². The van der Waals surface area contributed by atoms with Crippen molar-refractivity contribution in [2.24, 2.45) is 13.0 Å². The monoisotopic (exact) mass is 528 g/mol. The maximum Gasteiger partial charge on any atom is 0.265 e. The lowest BCUT2D eigenvalue weighted by atomic mass is 9.87. The molecule has 0 aromatic carbocycles. The first-order valence-corrected chi connectivity index (χ1v) is 15.6. The summed E-state index contributed by atoms with van der Waals surface area (Å²) in [5.41, 5.74) is 0.814. The van der Waals surface area contributed by atoms with Crippen molar-refractivity contribution in [2.75, 3.05) is 11.5 Å². The van der Waals surface area contributed by atoms with E-state index in [9.17, 15) is 4.79 Å². The summed E-state index contributed by atoms with van der Waals surface area (Å²) < 4.78 is 10.7. The lowest BCUT2D eigenvalue weighted by molar-refractivity contribution is 0.0898. The largest absolute Gasteiger partial charge is 0.361 e. The van der Waals surface area contributed by atoms with Gasteiger partial charge in [0.15, 0.2) is 5.65 Å². The molecule has 2 aromatic rings. The van der Waals surface area contributed by atoms with Crippen LogP contribution < -0.4 is 10.5 Å². The van der Waals surface area contributed by atoms with E-state index in [0.29, 0.717) is 24.2 Å². The van der Waals surface area contributed by atoms with Gasteiger partial charge in [0.2, 0.25) is 5.95 Å². The van der Waals surface area contributed by atoms with E-state index in [4.69, 9.17) is 9.72 Å². The molecule has 4 rings (SSSR count). The first-order chi connectivity index (χ1) is 13.7. The molecule has 3 atom stereocenters. The highest BCUT2D eigenvalue weighted by molar-refractivity contribution is 14.1. The summed E-state index contributed by atoms with van der Waals surface area (Å²) in [6.45, 7) is 10.6. The van der Waals surface area contributed by atoms with E-state index in [1.165, 1.54) is 25.7 Å². The number of hydrogen-bond donors (Lipinski definition) is 0. The zero-order valence-corrected chi connectivity index (χ0v) is 21.4. The van der Waals surface area contributed by atoms with Gasteiger partial charge in [-0.25, -0.2) is 0 Å². The molecule has 29 heavy (non-hydrogen) atoms. The van der Waals surface area contributed by atoms with Crippen LogP contribution >= 0.6 is 22.6 Å². The molecular formula is C21H33IN4O2Si. The van der Waals surface area contributed by atoms with Crippen molar-refractivity contribution in [3.63, 3.8) is 0 Å². The molecule has 2 bridgehead atoms. The van der Waals surface area contributed by atoms with Gasteiger partial charge in [0.1, 0.15) is 6.73 Å². The second kappa shape index (κ2) is 7.99. The Hall–Kier alpha value is -0.873. The molecule has 2 aromatic heterocycles. The van der Waals surface area contributed by atoms with Crippen LogP contribution in [-0.4, -0.2) is 40.9 Å². The number of fused-ring (bicyclic) bond motifs is 3. The van der Waals surface area contributed by atoms with Crippen LogP contribution in [0, 0.1) is 9.49 Å². The second-order valence-electron chi connectivity index (χ2n) is 9.88. The molecule has 2 saturated heterocycles. The van der Waals surface area contributed by atoms with Crippen molar-refractivity contribution in [1.29, 1.82) is 0 Å². The highest BCUT2D eigenvalue weighted by atomic mass is 127. The molecule has 0 N–H and O–H groups in total. The average Bonchev–Trinajstić information content (AvgIpc) is 3.31. The Morgan fingerprint density at radius 2 is 2.07 bits per heavy atom. The van der Waals surface area contributed by atoms with Crippen LogP contribution in [-0.2, 0) is 18.5 Å².